The average molecular weight is 263 g/mol. The number of hydrogen-bond acceptors (Lipinski definition) is 2. The normalized spacial score (nSPS) is 12.5. The van der Waals surface area contributed by atoms with E-state index in [0.717, 1.165) is 25.3 Å². The Balaban J connectivity index is 2.30. The molecule has 0 amide bonds. The van der Waals surface area contributed by atoms with Gasteiger partial charge in [-0.25, -0.2) is 0 Å². The van der Waals surface area contributed by atoms with Crippen molar-refractivity contribution in [2.24, 2.45) is 0 Å². The molecule has 0 bridgehead atoms. The third kappa shape index (κ3) is 5.65. The smallest absolute Gasteiger partial charge is 0.122 e. The molecule has 0 radical (unpaired) electrons. The van der Waals surface area contributed by atoms with Gasteiger partial charge in [-0.1, -0.05) is 13.0 Å². The van der Waals surface area contributed by atoms with Crippen LogP contribution in [-0.4, -0.2) is 19.2 Å². The van der Waals surface area contributed by atoms with Crippen molar-refractivity contribution in [2.45, 2.75) is 59.9 Å². The predicted octanol–water partition coefficient (Wildman–Crippen LogP) is 4.16. The van der Waals surface area contributed by atoms with Gasteiger partial charge >= 0.3 is 0 Å². The second-order valence-electron chi connectivity index (χ2n) is 5.51. The first-order valence-electron chi connectivity index (χ1n) is 7.48. The summed E-state index contributed by atoms with van der Waals surface area (Å²) < 4.78 is 5.92. The highest BCUT2D eigenvalue weighted by Gasteiger charge is 2.04. The average Bonchev–Trinajstić information content (AvgIpc) is 2.34. The van der Waals surface area contributed by atoms with Crippen molar-refractivity contribution in [3.8, 4) is 5.75 Å². The van der Waals surface area contributed by atoms with Crippen molar-refractivity contribution >= 4 is 0 Å². The molecule has 0 spiro atoms. The summed E-state index contributed by atoms with van der Waals surface area (Å²) in [6, 6.07) is 4.97. The van der Waals surface area contributed by atoms with Gasteiger partial charge in [0.1, 0.15) is 5.75 Å². The van der Waals surface area contributed by atoms with Crippen LogP contribution >= 0.6 is 0 Å². The van der Waals surface area contributed by atoms with Gasteiger partial charge in [0.15, 0.2) is 0 Å². The Bertz CT molecular complexity index is 387. The third-order valence-corrected chi connectivity index (χ3v) is 3.61. The molecule has 0 aromatic heterocycles. The van der Waals surface area contributed by atoms with E-state index in [9.17, 15) is 0 Å². The number of benzene rings is 1. The summed E-state index contributed by atoms with van der Waals surface area (Å²) in [7, 11) is 0. The van der Waals surface area contributed by atoms with E-state index in [0.29, 0.717) is 6.04 Å². The molecule has 2 heteroatoms. The topological polar surface area (TPSA) is 21.3 Å². The maximum atomic E-state index is 5.92. The van der Waals surface area contributed by atoms with E-state index in [4.69, 9.17) is 4.74 Å². The lowest BCUT2D eigenvalue weighted by Crippen LogP contribution is -2.25. The van der Waals surface area contributed by atoms with E-state index in [2.05, 4.69) is 52.1 Å². The number of aryl methyl sites for hydroxylation is 2. The Morgan fingerprint density at radius 2 is 1.89 bits per heavy atom. The number of hydrogen-bond donors (Lipinski definition) is 1. The molecule has 1 N–H and O–H groups in total. The maximum absolute atomic E-state index is 5.92. The lowest BCUT2D eigenvalue weighted by Gasteiger charge is -2.14. The molecule has 0 heterocycles. The molecule has 1 unspecified atom stereocenters. The molecule has 1 aromatic carbocycles. The fourth-order valence-electron chi connectivity index (χ4n) is 2.34. The molecule has 1 aromatic rings. The molecule has 1 rings (SSSR count). The Hall–Kier alpha value is -1.02. The fraction of sp³-hybridized carbons (Fsp3) is 0.647. The van der Waals surface area contributed by atoms with Crippen LogP contribution in [-0.2, 0) is 0 Å². The van der Waals surface area contributed by atoms with Gasteiger partial charge in [-0.15, -0.1) is 0 Å². The van der Waals surface area contributed by atoms with Crippen LogP contribution in [0.4, 0.5) is 0 Å². The van der Waals surface area contributed by atoms with Crippen molar-refractivity contribution in [3.05, 3.63) is 28.8 Å². The van der Waals surface area contributed by atoms with Crippen molar-refractivity contribution < 1.29 is 4.74 Å². The zero-order valence-corrected chi connectivity index (χ0v) is 13.2. The zero-order chi connectivity index (χ0) is 14.3. The molecule has 0 fully saturated rings. The molecule has 0 aliphatic rings. The molecular weight excluding hydrogens is 234 g/mol. The minimum atomic E-state index is 0.618. The first-order valence-corrected chi connectivity index (χ1v) is 7.48. The molecule has 0 saturated heterocycles. The number of nitrogens with one attached hydrogen (secondary N) is 1. The summed E-state index contributed by atoms with van der Waals surface area (Å²) in [5.41, 5.74) is 3.86. The first-order chi connectivity index (χ1) is 9.04. The first kappa shape index (κ1) is 16.0. The minimum Gasteiger partial charge on any atom is -0.493 e. The van der Waals surface area contributed by atoms with Crippen molar-refractivity contribution in [1.82, 2.24) is 5.32 Å². The van der Waals surface area contributed by atoms with Crippen molar-refractivity contribution in [3.63, 3.8) is 0 Å². The summed E-state index contributed by atoms with van der Waals surface area (Å²) in [5, 5.41) is 3.44. The van der Waals surface area contributed by atoms with Gasteiger partial charge in [0.2, 0.25) is 0 Å². The Labute approximate surface area is 118 Å². The Kier molecular flexibility index (Phi) is 6.93. The van der Waals surface area contributed by atoms with Crippen LogP contribution in [0, 0.1) is 20.8 Å². The summed E-state index contributed by atoms with van der Waals surface area (Å²) in [4.78, 5) is 0. The summed E-state index contributed by atoms with van der Waals surface area (Å²) in [5.74, 6) is 1.05. The van der Waals surface area contributed by atoms with Crippen molar-refractivity contribution in [2.75, 3.05) is 13.2 Å². The van der Waals surface area contributed by atoms with Crippen LogP contribution in [0.3, 0.4) is 0 Å². The molecule has 0 aliphatic heterocycles. The molecule has 2 nitrogen and oxygen atoms in total. The van der Waals surface area contributed by atoms with Gasteiger partial charge in [-0.3, -0.25) is 0 Å². The lowest BCUT2D eigenvalue weighted by atomic mass is 10.1. The number of ether oxygens (including phenoxy) is 1. The SMILES string of the molecule is CCNC(C)CCCCOc1cc(C)cc(C)c1C. The van der Waals surface area contributed by atoms with E-state index in [1.165, 1.54) is 29.5 Å². The standard InChI is InChI=1S/C17H29NO/c1-6-18-15(4)9-7-8-10-19-17-12-13(2)11-14(3)16(17)5/h11-12,15,18H,6-10H2,1-5H3. The van der Waals surface area contributed by atoms with E-state index in [1.807, 2.05) is 0 Å². The van der Waals surface area contributed by atoms with Gasteiger partial charge in [0.05, 0.1) is 6.61 Å². The van der Waals surface area contributed by atoms with Gasteiger partial charge in [-0.05, 0) is 76.3 Å². The van der Waals surface area contributed by atoms with Crippen LogP contribution in [0.15, 0.2) is 12.1 Å². The van der Waals surface area contributed by atoms with Crippen LogP contribution in [0.25, 0.3) is 0 Å². The van der Waals surface area contributed by atoms with Gasteiger partial charge in [0, 0.05) is 6.04 Å². The highest BCUT2D eigenvalue weighted by molar-refractivity contribution is 5.41. The van der Waals surface area contributed by atoms with Gasteiger partial charge in [0.25, 0.3) is 0 Å². The fourth-order valence-corrected chi connectivity index (χ4v) is 2.34. The zero-order valence-electron chi connectivity index (χ0n) is 13.2. The predicted molar refractivity (Wildman–Crippen MR) is 83.1 cm³/mol. The van der Waals surface area contributed by atoms with Crippen molar-refractivity contribution in [1.29, 1.82) is 0 Å². The quantitative estimate of drug-likeness (QED) is 0.711. The molecule has 1 atom stereocenters. The highest BCUT2D eigenvalue weighted by atomic mass is 16.5. The van der Waals surface area contributed by atoms with Crippen LogP contribution in [0.2, 0.25) is 0 Å². The second-order valence-corrected chi connectivity index (χ2v) is 5.51. The Morgan fingerprint density at radius 1 is 1.16 bits per heavy atom. The van der Waals surface area contributed by atoms with Crippen LogP contribution in [0.5, 0.6) is 5.75 Å². The Morgan fingerprint density at radius 3 is 2.58 bits per heavy atom. The second kappa shape index (κ2) is 8.21. The van der Waals surface area contributed by atoms with Gasteiger partial charge < -0.3 is 10.1 Å². The van der Waals surface area contributed by atoms with Crippen LogP contribution in [0.1, 0.15) is 49.8 Å². The number of unbranched alkanes of at least 4 members (excludes halogenated alkanes) is 1. The summed E-state index contributed by atoms with van der Waals surface area (Å²) in [6.45, 7) is 12.7. The minimum absolute atomic E-state index is 0.618. The van der Waals surface area contributed by atoms with E-state index in [1.54, 1.807) is 0 Å². The lowest BCUT2D eigenvalue weighted by molar-refractivity contribution is 0.299. The van der Waals surface area contributed by atoms with Crippen LogP contribution < -0.4 is 10.1 Å². The van der Waals surface area contributed by atoms with E-state index < -0.39 is 0 Å². The highest BCUT2D eigenvalue weighted by Crippen LogP contribution is 2.23. The number of rotatable bonds is 8. The molecule has 19 heavy (non-hydrogen) atoms. The molecule has 108 valence electrons. The van der Waals surface area contributed by atoms with Gasteiger partial charge in [-0.2, -0.15) is 0 Å². The van der Waals surface area contributed by atoms with E-state index >= 15 is 0 Å². The maximum Gasteiger partial charge on any atom is 0.122 e. The molecule has 0 aliphatic carbocycles. The third-order valence-electron chi connectivity index (χ3n) is 3.61. The summed E-state index contributed by atoms with van der Waals surface area (Å²) >= 11 is 0. The summed E-state index contributed by atoms with van der Waals surface area (Å²) in [6.07, 6.45) is 3.57. The largest absolute Gasteiger partial charge is 0.493 e. The molecular formula is C17H29NO. The van der Waals surface area contributed by atoms with E-state index in [-0.39, 0.29) is 0 Å². The molecule has 0 saturated carbocycles. The monoisotopic (exact) mass is 263 g/mol.